The molecule has 0 atom stereocenters. The molecule has 7 heteroatoms. The number of carbonyl (C=O) groups is 3. The lowest BCUT2D eigenvalue weighted by Gasteiger charge is -2.11. The van der Waals surface area contributed by atoms with Gasteiger partial charge in [0.2, 0.25) is 0 Å². The Morgan fingerprint density at radius 1 is 1.33 bits per heavy atom. The monoisotopic (exact) mass is 219 g/mol. The Morgan fingerprint density at radius 3 is 2.47 bits per heavy atom. The summed E-state index contributed by atoms with van der Waals surface area (Å²) < 4.78 is 16.0. The van der Waals surface area contributed by atoms with Crippen LogP contribution >= 0.6 is 0 Å². The number of amides is 2. The molecule has 1 rings (SSSR count). The molecule has 84 valence electrons. The van der Waals surface area contributed by atoms with Gasteiger partial charge in [0.15, 0.2) is 0 Å². The fourth-order valence-corrected chi connectivity index (χ4v) is 0.969. The van der Waals surface area contributed by atoms with Gasteiger partial charge in [0, 0.05) is 19.3 Å². The lowest BCUT2D eigenvalue weighted by molar-refractivity contribution is -0.177. The highest BCUT2D eigenvalue weighted by molar-refractivity contribution is 6.01. The molecule has 1 saturated heterocycles. The van der Waals surface area contributed by atoms with Gasteiger partial charge in [-0.15, -0.1) is 0 Å². The first-order valence-corrected chi connectivity index (χ1v) is 4.41. The highest BCUT2D eigenvalue weighted by Gasteiger charge is 2.33. The summed E-state index contributed by atoms with van der Waals surface area (Å²) in [5, 5.41) is 0.373. The fourth-order valence-electron chi connectivity index (χ4n) is 0.969. The third-order valence-corrected chi connectivity index (χ3v) is 1.67. The molecule has 0 aromatic heterocycles. The van der Waals surface area contributed by atoms with Gasteiger partial charge in [-0.1, -0.05) is 5.06 Å². The zero-order chi connectivity index (χ0) is 11.3. The molecule has 0 saturated carbocycles. The van der Waals surface area contributed by atoms with E-state index in [1.807, 2.05) is 0 Å². The molecule has 1 heterocycles. The van der Waals surface area contributed by atoms with Crippen molar-refractivity contribution in [3.05, 3.63) is 0 Å². The number of hydrogen-bond acceptors (Lipinski definition) is 5. The number of halogens is 1. The van der Waals surface area contributed by atoms with Crippen LogP contribution in [0.5, 0.6) is 0 Å². The molecule has 0 aromatic rings. The summed E-state index contributed by atoms with van der Waals surface area (Å²) in [6.45, 7) is -0.763. The largest absolute Gasteiger partial charge is 0.533 e. The molecule has 0 radical (unpaired) electrons. The van der Waals surface area contributed by atoms with E-state index in [0.29, 0.717) is 5.06 Å². The average Bonchev–Trinajstić information content (AvgIpc) is 2.50. The maximum atomic E-state index is 11.6. The van der Waals surface area contributed by atoms with Crippen LogP contribution < -0.4 is 0 Å². The second-order valence-corrected chi connectivity index (χ2v) is 2.81. The Hall–Kier alpha value is -1.66. The fraction of sp³-hybridized carbons (Fsp3) is 0.625. The van der Waals surface area contributed by atoms with Gasteiger partial charge in [-0.2, -0.15) is 0 Å². The van der Waals surface area contributed by atoms with Crippen molar-refractivity contribution in [2.24, 2.45) is 0 Å². The summed E-state index contributed by atoms with van der Waals surface area (Å²) in [5.41, 5.74) is 0. The highest BCUT2D eigenvalue weighted by atomic mass is 19.1. The van der Waals surface area contributed by atoms with E-state index in [-0.39, 0.29) is 25.9 Å². The van der Waals surface area contributed by atoms with E-state index in [4.69, 9.17) is 0 Å². The van der Waals surface area contributed by atoms with Gasteiger partial charge in [-0.05, 0) is 0 Å². The molecule has 1 fully saturated rings. The molecule has 0 aromatic carbocycles. The third-order valence-electron chi connectivity index (χ3n) is 1.67. The van der Waals surface area contributed by atoms with Gasteiger partial charge in [0.1, 0.15) is 0 Å². The minimum atomic E-state index is -1.17. The third kappa shape index (κ3) is 3.19. The van der Waals surface area contributed by atoms with E-state index in [9.17, 15) is 18.8 Å². The van der Waals surface area contributed by atoms with Gasteiger partial charge in [0.25, 0.3) is 11.8 Å². The lowest BCUT2D eigenvalue weighted by Crippen LogP contribution is -2.32. The number of rotatable bonds is 4. The first-order valence-electron chi connectivity index (χ1n) is 4.41. The molecule has 2 amide bonds. The van der Waals surface area contributed by atoms with Crippen molar-refractivity contribution >= 4 is 18.0 Å². The standard InChI is InChI=1S/C8H10FNO5/c9-4-1-5-14-8(13)15-10-6(11)2-3-7(10)12/h1-5H2. The summed E-state index contributed by atoms with van der Waals surface area (Å²) in [4.78, 5) is 37.1. The predicted octanol–water partition coefficient (Wildman–Crippen LogP) is 0.563. The quantitative estimate of drug-likeness (QED) is 0.392. The van der Waals surface area contributed by atoms with Crippen molar-refractivity contribution in [2.45, 2.75) is 19.3 Å². The number of alkyl halides is 1. The van der Waals surface area contributed by atoms with Crippen molar-refractivity contribution in [3.63, 3.8) is 0 Å². The molecular formula is C8H10FNO5. The molecular weight excluding hydrogens is 209 g/mol. The van der Waals surface area contributed by atoms with Crippen molar-refractivity contribution in [3.8, 4) is 0 Å². The smallest absolute Gasteiger partial charge is 0.433 e. The second-order valence-electron chi connectivity index (χ2n) is 2.81. The van der Waals surface area contributed by atoms with E-state index in [2.05, 4.69) is 9.57 Å². The maximum absolute atomic E-state index is 11.6. The Balaban J connectivity index is 2.31. The lowest BCUT2D eigenvalue weighted by atomic mass is 10.4. The van der Waals surface area contributed by atoms with Crippen molar-refractivity contribution in [2.75, 3.05) is 13.3 Å². The molecule has 1 aliphatic heterocycles. The van der Waals surface area contributed by atoms with Gasteiger partial charge >= 0.3 is 6.16 Å². The van der Waals surface area contributed by atoms with Crippen molar-refractivity contribution < 1.29 is 28.3 Å². The van der Waals surface area contributed by atoms with Crippen LogP contribution in [-0.2, 0) is 19.2 Å². The zero-order valence-corrected chi connectivity index (χ0v) is 7.90. The van der Waals surface area contributed by atoms with Crippen LogP contribution in [0, 0.1) is 0 Å². The molecule has 0 bridgehead atoms. The first kappa shape index (κ1) is 11.4. The Morgan fingerprint density at radius 2 is 1.93 bits per heavy atom. The summed E-state index contributed by atoms with van der Waals surface area (Å²) in [6, 6.07) is 0. The Labute approximate surface area is 84.9 Å². The topological polar surface area (TPSA) is 72.9 Å². The normalized spacial score (nSPS) is 15.7. The molecule has 1 aliphatic rings. The molecule has 0 spiro atoms. The molecule has 6 nitrogen and oxygen atoms in total. The van der Waals surface area contributed by atoms with Gasteiger partial charge in [-0.3, -0.25) is 18.8 Å². The van der Waals surface area contributed by atoms with Crippen LogP contribution in [0.1, 0.15) is 19.3 Å². The van der Waals surface area contributed by atoms with Crippen molar-refractivity contribution in [1.29, 1.82) is 0 Å². The Bertz CT molecular complexity index is 264. The van der Waals surface area contributed by atoms with Crippen LogP contribution in [0.15, 0.2) is 0 Å². The predicted molar refractivity (Wildman–Crippen MR) is 44.1 cm³/mol. The number of hydrogen-bond donors (Lipinski definition) is 0. The summed E-state index contributed by atoms with van der Waals surface area (Å²) in [7, 11) is 0. The van der Waals surface area contributed by atoms with Crippen LogP contribution in [-0.4, -0.2) is 36.3 Å². The summed E-state index contributed by atoms with van der Waals surface area (Å²) in [5.74, 6) is -1.16. The first-order chi connectivity index (χ1) is 7.15. The molecule has 0 aliphatic carbocycles. The zero-order valence-electron chi connectivity index (χ0n) is 7.90. The summed E-state index contributed by atoms with van der Waals surface area (Å²) in [6.07, 6.45) is -1.07. The van der Waals surface area contributed by atoms with E-state index >= 15 is 0 Å². The maximum Gasteiger partial charge on any atom is 0.533 e. The minimum Gasteiger partial charge on any atom is -0.433 e. The van der Waals surface area contributed by atoms with E-state index in [0.717, 1.165) is 0 Å². The molecule has 15 heavy (non-hydrogen) atoms. The van der Waals surface area contributed by atoms with Crippen molar-refractivity contribution in [1.82, 2.24) is 5.06 Å². The summed E-state index contributed by atoms with van der Waals surface area (Å²) >= 11 is 0. The molecule has 0 unspecified atom stereocenters. The van der Waals surface area contributed by atoms with E-state index < -0.39 is 24.6 Å². The van der Waals surface area contributed by atoms with Crippen LogP contribution in [0.25, 0.3) is 0 Å². The Kier molecular flexibility index (Phi) is 4.02. The number of nitrogens with zero attached hydrogens (tertiary/aromatic N) is 1. The average molecular weight is 219 g/mol. The van der Waals surface area contributed by atoms with Gasteiger partial charge < -0.3 is 4.74 Å². The van der Waals surface area contributed by atoms with Crippen LogP contribution in [0.2, 0.25) is 0 Å². The number of imide groups is 1. The number of ether oxygens (including phenoxy) is 1. The number of carbonyl (C=O) groups excluding carboxylic acids is 3. The SMILES string of the molecule is O=C(OCCCF)ON1C(=O)CCC1=O. The van der Waals surface area contributed by atoms with Crippen LogP contribution in [0.4, 0.5) is 9.18 Å². The highest BCUT2D eigenvalue weighted by Crippen LogP contribution is 2.12. The minimum absolute atomic E-state index is 0.0244. The van der Waals surface area contributed by atoms with E-state index in [1.54, 1.807) is 0 Å². The van der Waals surface area contributed by atoms with Gasteiger partial charge in [-0.25, -0.2) is 4.79 Å². The molecule has 0 N–H and O–H groups in total. The second kappa shape index (κ2) is 5.28. The van der Waals surface area contributed by atoms with Crippen LogP contribution in [0.3, 0.4) is 0 Å². The number of hydroxylamine groups is 2. The van der Waals surface area contributed by atoms with Gasteiger partial charge in [0.05, 0.1) is 13.3 Å². The van der Waals surface area contributed by atoms with E-state index in [1.165, 1.54) is 0 Å².